The van der Waals surface area contributed by atoms with Crippen molar-refractivity contribution in [3.63, 3.8) is 0 Å². The Morgan fingerprint density at radius 3 is 1.57 bits per heavy atom. The fourth-order valence-electron chi connectivity index (χ4n) is 0.687. The molecule has 1 rings (SSSR count). The van der Waals surface area contributed by atoms with Crippen LogP contribution in [0.4, 0.5) is 0 Å². The van der Waals surface area contributed by atoms with Gasteiger partial charge in [-0.05, 0) is 19.3 Å². The molecule has 0 spiro atoms. The van der Waals surface area contributed by atoms with Gasteiger partial charge in [-0.1, -0.05) is 0 Å². The van der Waals surface area contributed by atoms with Crippen molar-refractivity contribution in [2.24, 2.45) is 0 Å². The number of ether oxygens (including phenoxy) is 1. The number of hydrogen-bond donors (Lipinski definition) is 0. The largest absolute Gasteiger partial charge is 0.381 e. The quantitative estimate of drug-likeness (QED) is 0.419. The minimum atomic E-state index is 0. The first-order valence-corrected chi connectivity index (χ1v) is 2.58. The molecule has 1 nitrogen and oxygen atoms in total. The van der Waals surface area contributed by atoms with Crippen LogP contribution in [0, 0.1) is 0 Å². The summed E-state index contributed by atoms with van der Waals surface area (Å²) >= 11 is 0. The smallest absolute Gasteiger partial charge is 0.0466 e. The maximum absolute atomic E-state index is 5.07. The van der Waals surface area contributed by atoms with Crippen LogP contribution in [0.5, 0.6) is 0 Å². The fraction of sp³-hybridized carbons (Fsp3) is 1.00. The molecule has 0 amide bonds. The Morgan fingerprint density at radius 2 is 1.43 bits per heavy atom. The Hall–Kier alpha value is 0.726. The molecule has 0 bridgehead atoms. The van der Waals surface area contributed by atoms with Gasteiger partial charge in [-0.25, -0.2) is 0 Å². The van der Waals surface area contributed by atoms with Crippen LogP contribution in [0.2, 0.25) is 0 Å². The molecule has 2 radical (unpaired) electrons. The van der Waals surface area contributed by atoms with Crippen molar-refractivity contribution < 1.29 is 4.74 Å². The van der Waals surface area contributed by atoms with E-state index in [-0.39, 0.29) is 23.1 Å². The maximum Gasteiger partial charge on any atom is 0.0466 e. The molecule has 1 aliphatic heterocycles. The van der Waals surface area contributed by atoms with Gasteiger partial charge in [0, 0.05) is 36.3 Å². The topological polar surface area (TPSA) is 9.23 Å². The van der Waals surface area contributed by atoms with E-state index in [1.54, 1.807) is 0 Å². The van der Waals surface area contributed by atoms with E-state index in [1.807, 2.05) is 0 Å². The maximum atomic E-state index is 5.07. The third-order valence-corrected chi connectivity index (χ3v) is 1.08. The molecule has 38 valence electrons. The molecule has 0 unspecified atom stereocenters. The predicted octanol–water partition coefficient (Wildman–Crippen LogP) is 0.806. The third kappa shape index (κ3) is 3.32. The van der Waals surface area contributed by atoms with Crippen molar-refractivity contribution in [2.45, 2.75) is 19.3 Å². The molecule has 1 saturated heterocycles. The lowest BCUT2D eigenvalue weighted by Gasteiger charge is -2.08. The van der Waals surface area contributed by atoms with Crippen LogP contribution in [-0.2, 0) is 4.74 Å². The summed E-state index contributed by atoms with van der Waals surface area (Å²) < 4.78 is 5.07. The highest BCUT2D eigenvalue weighted by Crippen LogP contribution is 2.01. The highest BCUT2D eigenvalue weighted by atomic mass is 24.3. The van der Waals surface area contributed by atoms with Crippen molar-refractivity contribution >= 4 is 23.1 Å². The Bertz CT molecular complexity index is 23.6. The van der Waals surface area contributed by atoms with E-state index in [9.17, 15) is 0 Å². The predicted molar refractivity (Wildman–Crippen MR) is 30.4 cm³/mol. The molecule has 0 saturated carbocycles. The molecule has 1 heterocycles. The molecular weight excluding hydrogens is 100 g/mol. The van der Waals surface area contributed by atoms with E-state index >= 15 is 0 Å². The van der Waals surface area contributed by atoms with Crippen LogP contribution >= 0.6 is 0 Å². The van der Waals surface area contributed by atoms with Crippen LogP contribution in [0.15, 0.2) is 0 Å². The number of rotatable bonds is 0. The normalized spacial score (nSPS) is 20.6. The van der Waals surface area contributed by atoms with Crippen molar-refractivity contribution in [2.75, 3.05) is 13.2 Å². The molecule has 0 atom stereocenters. The Morgan fingerprint density at radius 1 is 0.857 bits per heavy atom. The molecule has 1 aliphatic rings. The molecule has 0 aliphatic carbocycles. The molecule has 1 fully saturated rings. The first-order valence-electron chi connectivity index (χ1n) is 2.58. The van der Waals surface area contributed by atoms with Crippen LogP contribution in [-0.4, -0.2) is 36.3 Å². The molecule has 0 aromatic carbocycles. The van der Waals surface area contributed by atoms with Crippen molar-refractivity contribution in [3.05, 3.63) is 0 Å². The Balaban J connectivity index is 0.000000360. The zero-order valence-corrected chi connectivity index (χ0v) is 6.07. The highest BCUT2D eigenvalue weighted by molar-refractivity contribution is 5.75. The second-order valence-corrected chi connectivity index (χ2v) is 1.67. The van der Waals surface area contributed by atoms with Gasteiger partial charge in [0.25, 0.3) is 0 Å². The van der Waals surface area contributed by atoms with Crippen LogP contribution in [0.1, 0.15) is 19.3 Å². The van der Waals surface area contributed by atoms with Crippen molar-refractivity contribution in [3.8, 4) is 0 Å². The Kier molecular flexibility index (Phi) is 5.38. The standard InChI is InChI=1S/C5H10O.Mg/c1-2-4-6-5-3-1;/h1-5H2;. The molecule has 0 aromatic rings. The molecule has 2 heteroatoms. The van der Waals surface area contributed by atoms with E-state index in [0.717, 1.165) is 13.2 Å². The summed E-state index contributed by atoms with van der Waals surface area (Å²) in [6.07, 6.45) is 3.93. The third-order valence-electron chi connectivity index (χ3n) is 1.08. The summed E-state index contributed by atoms with van der Waals surface area (Å²) in [6, 6.07) is 0. The first-order chi connectivity index (χ1) is 3.00. The summed E-state index contributed by atoms with van der Waals surface area (Å²) in [5.74, 6) is 0. The molecule has 0 aromatic heterocycles. The van der Waals surface area contributed by atoms with Gasteiger partial charge in [0.1, 0.15) is 0 Å². The highest BCUT2D eigenvalue weighted by Gasteiger charge is 1.94. The monoisotopic (exact) mass is 110 g/mol. The first kappa shape index (κ1) is 7.73. The lowest BCUT2D eigenvalue weighted by molar-refractivity contribution is 0.0968. The minimum Gasteiger partial charge on any atom is -0.381 e. The van der Waals surface area contributed by atoms with Gasteiger partial charge < -0.3 is 4.74 Å². The van der Waals surface area contributed by atoms with Gasteiger partial charge in [0.05, 0.1) is 0 Å². The average molecular weight is 110 g/mol. The van der Waals surface area contributed by atoms with Gasteiger partial charge >= 0.3 is 0 Å². The van der Waals surface area contributed by atoms with Crippen molar-refractivity contribution in [1.29, 1.82) is 0 Å². The van der Waals surface area contributed by atoms with Gasteiger partial charge in [-0.15, -0.1) is 0 Å². The lowest BCUT2D eigenvalue weighted by Crippen LogP contribution is -2.03. The van der Waals surface area contributed by atoms with Crippen molar-refractivity contribution in [1.82, 2.24) is 0 Å². The molecular formula is C5H10MgO. The van der Waals surface area contributed by atoms with E-state index in [0.29, 0.717) is 0 Å². The zero-order chi connectivity index (χ0) is 4.24. The molecule has 0 N–H and O–H groups in total. The van der Waals surface area contributed by atoms with Crippen LogP contribution in [0.3, 0.4) is 0 Å². The van der Waals surface area contributed by atoms with Gasteiger partial charge in [0.15, 0.2) is 0 Å². The van der Waals surface area contributed by atoms with E-state index in [4.69, 9.17) is 4.74 Å². The van der Waals surface area contributed by atoms with Gasteiger partial charge in [0.2, 0.25) is 0 Å². The zero-order valence-electron chi connectivity index (χ0n) is 4.65. The van der Waals surface area contributed by atoms with Gasteiger partial charge in [-0.3, -0.25) is 0 Å². The van der Waals surface area contributed by atoms with E-state index in [2.05, 4.69) is 0 Å². The SMILES string of the molecule is C1CCOCC1.[Mg]. The second kappa shape index (κ2) is 4.87. The van der Waals surface area contributed by atoms with E-state index in [1.165, 1.54) is 19.3 Å². The summed E-state index contributed by atoms with van der Waals surface area (Å²) in [7, 11) is 0. The van der Waals surface area contributed by atoms with Crippen LogP contribution in [0.25, 0.3) is 0 Å². The summed E-state index contributed by atoms with van der Waals surface area (Å²) in [4.78, 5) is 0. The number of hydrogen-bond acceptors (Lipinski definition) is 1. The Labute approximate surface area is 60.6 Å². The lowest BCUT2D eigenvalue weighted by atomic mass is 10.2. The van der Waals surface area contributed by atoms with Crippen LogP contribution < -0.4 is 0 Å². The molecule has 7 heavy (non-hydrogen) atoms. The minimum absolute atomic E-state index is 0. The summed E-state index contributed by atoms with van der Waals surface area (Å²) in [5.41, 5.74) is 0. The summed E-state index contributed by atoms with van der Waals surface area (Å²) in [6.45, 7) is 2.00. The van der Waals surface area contributed by atoms with Gasteiger partial charge in [-0.2, -0.15) is 0 Å². The second-order valence-electron chi connectivity index (χ2n) is 1.67. The summed E-state index contributed by atoms with van der Waals surface area (Å²) in [5, 5.41) is 0. The van der Waals surface area contributed by atoms with E-state index < -0.39 is 0 Å². The average Bonchev–Trinajstić information content (AvgIpc) is 1.72. The fourth-order valence-corrected chi connectivity index (χ4v) is 0.687.